The molecule has 0 radical (unpaired) electrons. The lowest BCUT2D eigenvalue weighted by Crippen LogP contribution is -2.27. The van der Waals surface area contributed by atoms with Gasteiger partial charge in [-0.15, -0.1) is 0 Å². The zero-order valence-electron chi connectivity index (χ0n) is 15.3. The zero-order valence-corrected chi connectivity index (χ0v) is 15.3. The molecule has 5 nitrogen and oxygen atoms in total. The molecular weight excluding hydrogens is 354 g/mol. The van der Waals surface area contributed by atoms with E-state index in [-0.39, 0.29) is 5.56 Å². The first-order chi connectivity index (χ1) is 12.9. The summed E-state index contributed by atoms with van der Waals surface area (Å²) in [6, 6.07) is 8.66. The standard InChI is InChI=1S/C20H22F2N2O3/c1-3-24(4-2)9-10-27-20(26)14-5-7-18(8-6-14)23-19(25)15-11-16(21)13-17(22)12-15/h5-8,11-13H,3-4,9-10H2,1-2H3,(H,23,25). The summed E-state index contributed by atoms with van der Waals surface area (Å²) in [5, 5.41) is 2.52. The van der Waals surface area contributed by atoms with Crippen molar-refractivity contribution in [2.75, 3.05) is 31.6 Å². The van der Waals surface area contributed by atoms with Crippen LogP contribution in [-0.4, -0.2) is 43.0 Å². The number of nitrogens with zero attached hydrogens (tertiary/aromatic N) is 1. The van der Waals surface area contributed by atoms with Gasteiger partial charge in [0.05, 0.1) is 5.56 Å². The Kier molecular flexibility index (Phi) is 7.43. The third-order valence-corrected chi connectivity index (χ3v) is 4.04. The highest BCUT2D eigenvalue weighted by Gasteiger charge is 2.11. The number of carbonyl (C=O) groups is 2. The first-order valence-electron chi connectivity index (χ1n) is 8.70. The maximum atomic E-state index is 13.2. The van der Waals surface area contributed by atoms with E-state index in [1.54, 1.807) is 0 Å². The Labute approximate surface area is 156 Å². The molecule has 0 atom stereocenters. The molecule has 27 heavy (non-hydrogen) atoms. The first kappa shape index (κ1) is 20.5. The van der Waals surface area contributed by atoms with E-state index in [1.807, 2.05) is 13.8 Å². The summed E-state index contributed by atoms with van der Waals surface area (Å²) in [6.07, 6.45) is 0. The highest BCUT2D eigenvalue weighted by molar-refractivity contribution is 6.04. The van der Waals surface area contributed by atoms with Crippen LogP contribution in [0, 0.1) is 11.6 Å². The maximum absolute atomic E-state index is 13.2. The molecule has 0 aliphatic heterocycles. The predicted molar refractivity (Wildman–Crippen MR) is 98.8 cm³/mol. The van der Waals surface area contributed by atoms with E-state index >= 15 is 0 Å². The SMILES string of the molecule is CCN(CC)CCOC(=O)c1ccc(NC(=O)c2cc(F)cc(F)c2)cc1. The van der Waals surface area contributed by atoms with Gasteiger partial charge < -0.3 is 15.0 Å². The molecule has 1 N–H and O–H groups in total. The average molecular weight is 376 g/mol. The summed E-state index contributed by atoms with van der Waals surface area (Å²) in [5.74, 6) is -2.76. The first-order valence-corrected chi connectivity index (χ1v) is 8.70. The van der Waals surface area contributed by atoms with Crippen molar-refractivity contribution in [1.29, 1.82) is 0 Å². The van der Waals surface area contributed by atoms with Gasteiger partial charge in [-0.25, -0.2) is 13.6 Å². The molecule has 1 amide bonds. The summed E-state index contributed by atoms with van der Waals surface area (Å²) in [7, 11) is 0. The van der Waals surface area contributed by atoms with Crippen molar-refractivity contribution in [3.05, 3.63) is 65.2 Å². The number of likely N-dealkylation sites (N-methyl/N-ethyl adjacent to an activating group) is 1. The maximum Gasteiger partial charge on any atom is 0.338 e. The van der Waals surface area contributed by atoms with E-state index in [9.17, 15) is 18.4 Å². The van der Waals surface area contributed by atoms with Crippen molar-refractivity contribution in [2.45, 2.75) is 13.8 Å². The molecule has 144 valence electrons. The number of anilines is 1. The monoisotopic (exact) mass is 376 g/mol. The Bertz CT molecular complexity index is 770. The van der Waals surface area contributed by atoms with Crippen LogP contribution in [0.25, 0.3) is 0 Å². The van der Waals surface area contributed by atoms with Crippen molar-refractivity contribution in [3.8, 4) is 0 Å². The second-order valence-corrected chi connectivity index (χ2v) is 5.85. The molecule has 0 aliphatic rings. The third kappa shape index (κ3) is 6.14. The molecule has 2 aromatic rings. The quantitative estimate of drug-likeness (QED) is 0.714. The number of esters is 1. The van der Waals surface area contributed by atoms with Gasteiger partial charge in [0.15, 0.2) is 0 Å². The van der Waals surface area contributed by atoms with Gasteiger partial charge >= 0.3 is 5.97 Å². The minimum absolute atomic E-state index is 0.132. The number of rotatable bonds is 8. The van der Waals surface area contributed by atoms with Gasteiger partial charge in [-0.2, -0.15) is 0 Å². The number of carbonyl (C=O) groups excluding carboxylic acids is 2. The second-order valence-electron chi connectivity index (χ2n) is 5.85. The van der Waals surface area contributed by atoms with Crippen LogP contribution in [0.1, 0.15) is 34.6 Å². The molecule has 0 aromatic heterocycles. The number of halogens is 2. The molecule has 0 aliphatic carbocycles. The van der Waals surface area contributed by atoms with E-state index in [2.05, 4.69) is 10.2 Å². The van der Waals surface area contributed by atoms with Gasteiger partial charge in [0, 0.05) is 23.9 Å². The van der Waals surface area contributed by atoms with Gasteiger partial charge in [-0.3, -0.25) is 4.79 Å². The molecule has 0 saturated carbocycles. The van der Waals surface area contributed by atoms with E-state index in [1.165, 1.54) is 24.3 Å². The fourth-order valence-corrected chi connectivity index (χ4v) is 2.47. The van der Waals surface area contributed by atoms with Crippen LogP contribution in [0.3, 0.4) is 0 Å². The Balaban J connectivity index is 1.92. The number of amides is 1. The van der Waals surface area contributed by atoms with E-state index in [0.717, 1.165) is 25.2 Å². The normalized spacial score (nSPS) is 10.7. The zero-order chi connectivity index (χ0) is 19.8. The Hall–Kier alpha value is -2.80. The molecule has 7 heteroatoms. The minimum atomic E-state index is -0.831. The number of hydrogen-bond acceptors (Lipinski definition) is 4. The van der Waals surface area contributed by atoms with Crippen LogP contribution in [0.2, 0.25) is 0 Å². The number of nitrogens with one attached hydrogen (secondary N) is 1. The minimum Gasteiger partial charge on any atom is -0.461 e. The van der Waals surface area contributed by atoms with Crippen LogP contribution >= 0.6 is 0 Å². The Morgan fingerprint density at radius 1 is 0.963 bits per heavy atom. The molecule has 0 fully saturated rings. The lowest BCUT2D eigenvalue weighted by Gasteiger charge is -2.17. The predicted octanol–water partition coefficient (Wildman–Crippen LogP) is 3.72. The highest BCUT2D eigenvalue weighted by Crippen LogP contribution is 2.14. The van der Waals surface area contributed by atoms with Crippen molar-refractivity contribution in [3.63, 3.8) is 0 Å². The van der Waals surface area contributed by atoms with Crippen molar-refractivity contribution >= 4 is 17.6 Å². The molecule has 2 aromatic carbocycles. The van der Waals surface area contributed by atoms with Gasteiger partial charge in [-0.1, -0.05) is 13.8 Å². The molecule has 2 rings (SSSR count). The molecule has 0 spiro atoms. The molecule has 0 heterocycles. The Morgan fingerprint density at radius 2 is 1.56 bits per heavy atom. The molecular formula is C20H22F2N2O3. The van der Waals surface area contributed by atoms with Crippen LogP contribution in [0.15, 0.2) is 42.5 Å². The van der Waals surface area contributed by atoms with Crippen LogP contribution in [-0.2, 0) is 4.74 Å². The molecule has 0 unspecified atom stereocenters. The summed E-state index contributed by atoms with van der Waals surface area (Å²) in [6.45, 7) is 6.81. The number of ether oxygens (including phenoxy) is 1. The highest BCUT2D eigenvalue weighted by atomic mass is 19.1. The molecule has 0 bridgehead atoms. The average Bonchev–Trinajstić information content (AvgIpc) is 2.65. The summed E-state index contributed by atoms with van der Waals surface area (Å²) < 4.78 is 31.6. The van der Waals surface area contributed by atoms with Crippen molar-refractivity contribution in [1.82, 2.24) is 4.90 Å². The molecule has 0 saturated heterocycles. The van der Waals surface area contributed by atoms with Crippen molar-refractivity contribution < 1.29 is 23.1 Å². The van der Waals surface area contributed by atoms with Gasteiger partial charge in [0.25, 0.3) is 5.91 Å². The van der Waals surface area contributed by atoms with Crippen LogP contribution in [0.4, 0.5) is 14.5 Å². The van der Waals surface area contributed by atoms with Gasteiger partial charge in [0.2, 0.25) is 0 Å². The lowest BCUT2D eigenvalue weighted by molar-refractivity contribution is 0.0466. The summed E-state index contributed by atoms with van der Waals surface area (Å²) >= 11 is 0. The summed E-state index contributed by atoms with van der Waals surface area (Å²) in [4.78, 5) is 26.2. The van der Waals surface area contributed by atoms with E-state index < -0.39 is 23.5 Å². The van der Waals surface area contributed by atoms with Gasteiger partial charge in [-0.05, 0) is 49.5 Å². The number of benzene rings is 2. The Morgan fingerprint density at radius 3 is 2.11 bits per heavy atom. The lowest BCUT2D eigenvalue weighted by atomic mass is 10.1. The van der Waals surface area contributed by atoms with Crippen LogP contribution < -0.4 is 5.32 Å². The number of hydrogen-bond donors (Lipinski definition) is 1. The largest absolute Gasteiger partial charge is 0.461 e. The third-order valence-electron chi connectivity index (χ3n) is 4.04. The fraction of sp³-hybridized carbons (Fsp3) is 0.300. The van der Waals surface area contributed by atoms with Crippen molar-refractivity contribution in [2.24, 2.45) is 0 Å². The fourth-order valence-electron chi connectivity index (χ4n) is 2.47. The van der Waals surface area contributed by atoms with Gasteiger partial charge in [0.1, 0.15) is 18.2 Å². The van der Waals surface area contributed by atoms with E-state index in [4.69, 9.17) is 4.74 Å². The van der Waals surface area contributed by atoms with Crippen LogP contribution in [0.5, 0.6) is 0 Å². The second kappa shape index (κ2) is 9.78. The summed E-state index contributed by atoms with van der Waals surface area (Å²) in [5.41, 5.74) is 0.612. The topological polar surface area (TPSA) is 58.6 Å². The smallest absolute Gasteiger partial charge is 0.338 e. The van der Waals surface area contributed by atoms with E-state index in [0.29, 0.717) is 30.5 Å².